The normalized spacial score (nSPS) is 19.2. The average Bonchev–Trinajstić information content (AvgIpc) is 2.91. The second-order valence-electron chi connectivity index (χ2n) is 5.41. The van der Waals surface area contributed by atoms with E-state index in [1.54, 1.807) is 7.05 Å². The van der Waals surface area contributed by atoms with Crippen molar-refractivity contribution >= 4 is 5.91 Å². The third kappa shape index (κ3) is 3.81. The lowest BCUT2D eigenvalue weighted by Gasteiger charge is -2.24. The number of nitrogens with zero attached hydrogens (tertiary/aromatic N) is 1. The molecule has 110 valence electrons. The number of hydrogen-bond donors (Lipinski definition) is 2. The third-order valence-electron chi connectivity index (χ3n) is 4.00. The summed E-state index contributed by atoms with van der Waals surface area (Å²) in [4.78, 5) is 14.1. The number of rotatable bonds is 6. The van der Waals surface area contributed by atoms with Crippen molar-refractivity contribution in [2.24, 2.45) is 0 Å². The minimum absolute atomic E-state index is 0.0369. The lowest BCUT2D eigenvalue weighted by atomic mass is 10.1. The first-order valence-electron chi connectivity index (χ1n) is 7.40. The van der Waals surface area contributed by atoms with E-state index < -0.39 is 0 Å². The summed E-state index contributed by atoms with van der Waals surface area (Å²) < 4.78 is 0. The molecular formula is C16H24N2O2. The van der Waals surface area contributed by atoms with Crippen LogP contribution in [0.25, 0.3) is 0 Å². The molecular weight excluding hydrogens is 252 g/mol. The minimum atomic E-state index is -0.0369. The van der Waals surface area contributed by atoms with E-state index >= 15 is 0 Å². The van der Waals surface area contributed by atoms with Crippen molar-refractivity contribution in [2.75, 3.05) is 20.2 Å². The molecule has 1 atom stereocenters. The van der Waals surface area contributed by atoms with Crippen LogP contribution in [0.4, 0.5) is 0 Å². The molecule has 0 spiro atoms. The maximum absolute atomic E-state index is 11.7. The Hall–Kier alpha value is -1.39. The third-order valence-corrected chi connectivity index (χ3v) is 4.00. The van der Waals surface area contributed by atoms with Crippen LogP contribution in [0, 0.1) is 0 Å². The summed E-state index contributed by atoms with van der Waals surface area (Å²) in [6.45, 7) is 2.28. The summed E-state index contributed by atoms with van der Waals surface area (Å²) in [6.07, 6.45) is 4.38. The van der Waals surface area contributed by atoms with E-state index in [0.717, 1.165) is 31.5 Å². The van der Waals surface area contributed by atoms with Crippen molar-refractivity contribution in [2.45, 2.75) is 38.3 Å². The lowest BCUT2D eigenvalue weighted by molar-refractivity contribution is 0.0963. The predicted molar refractivity (Wildman–Crippen MR) is 79.6 cm³/mol. The second kappa shape index (κ2) is 7.41. The van der Waals surface area contributed by atoms with Gasteiger partial charge >= 0.3 is 0 Å². The number of carbonyl (C=O) groups excluding carboxylic acids is 1. The van der Waals surface area contributed by atoms with E-state index in [1.807, 2.05) is 18.2 Å². The first kappa shape index (κ1) is 15.0. The van der Waals surface area contributed by atoms with Crippen LogP contribution in [0.1, 0.15) is 41.6 Å². The zero-order valence-corrected chi connectivity index (χ0v) is 12.1. The minimum Gasteiger partial charge on any atom is -0.396 e. The smallest absolute Gasteiger partial charge is 0.251 e. The lowest BCUT2D eigenvalue weighted by Crippen LogP contribution is -2.29. The van der Waals surface area contributed by atoms with Crippen LogP contribution in [-0.2, 0) is 6.54 Å². The summed E-state index contributed by atoms with van der Waals surface area (Å²) in [7, 11) is 1.65. The molecule has 1 saturated heterocycles. The molecule has 1 aromatic rings. The molecule has 1 fully saturated rings. The van der Waals surface area contributed by atoms with Crippen LogP contribution in [-0.4, -0.2) is 42.2 Å². The first-order valence-corrected chi connectivity index (χ1v) is 7.40. The number of hydrogen-bond acceptors (Lipinski definition) is 3. The van der Waals surface area contributed by atoms with Crippen LogP contribution in [0.5, 0.6) is 0 Å². The summed E-state index contributed by atoms with van der Waals surface area (Å²) >= 11 is 0. The Labute approximate surface area is 120 Å². The molecule has 0 aromatic heterocycles. The van der Waals surface area contributed by atoms with Crippen LogP contribution >= 0.6 is 0 Å². The van der Waals surface area contributed by atoms with Gasteiger partial charge in [-0.15, -0.1) is 0 Å². The molecule has 0 aliphatic carbocycles. The fourth-order valence-corrected chi connectivity index (χ4v) is 2.95. The Morgan fingerprint density at radius 2 is 2.35 bits per heavy atom. The molecule has 0 saturated carbocycles. The van der Waals surface area contributed by atoms with Crippen LogP contribution in [0.2, 0.25) is 0 Å². The van der Waals surface area contributed by atoms with Gasteiger partial charge in [-0.2, -0.15) is 0 Å². The van der Waals surface area contributed by atoms with Gasteiger partial charge in [-0.3, -0.25) is 9.69 Å². The highest BCUT2D eigenvalue weighted by Crippen LogP contribution is 2.23. The number of aliphatic hydroxyl groups is 1. The van der Waals surface area contributed by atoms with Crippen molar-refractivity contribution in [3.8, 4) is 0 Å². The molecule has 2 N–H and O–H groups in total. The van der Waals surface area contributed by atoms with E-state index in [4.69, 9.17) is 5.11 Å². The standard InChI is InChI=1S/C16H24N2O2/c1-17-16(20)14-6-2-5-13(11-14)12-18-9-3-7-15(18)8-4-10-19/h2,5-6,11,15,19H,3-4,7-10,12H2,1H3,(H,17,20). The summed E-state index contributed by atoms with van der Waals surface area (Å²) in [5.74, 6) is -0.0369. The molecule has 0 bridgehead atoms. The van der Waals surface area contributed by atoms with Crippen molar-refractivity contribution in [3.05, 3.63) is 35.4 Å². The van der Waals surface area contributed by atoms with Gasteiger partial charge in [0.15, 0.2) is 0 Å². The van der Waals surface area contributed by atoms with Gasteiger partial charge in [0.1, 0.15) is 0 Å². The van der Waals surface area contributed by atoms with Gasteiger partial charge < -0.3 is 10.4 Å². The van der Waals surface area contributed by atoms with Gasteiger partial charge in [0, 0.05) is 31.8 Å². The molecule has 2 rings (SSSR count). The fraction of sp³-hybridized carbons (Fsp3) is 0.562. The molecule has 1 unspecified atom stereocenters. The van der Waals surface area contributed by atoms with E-state index in [1.165, 1.54) is 18.4 Å². The molecule has 20 heavy (non-hydrogen) atoms. The van der Waals surface area contributed by atoms with Crippen molar-refractivity contribution in [1.82, 2.24) is 10.2 Å². The Kier molecular flexibility index (Phi) is 5.56. The number of carbonyl (C=O) groups is 1. The van der Waals surface area contributed by atoms with Gasteiger partial charge in [0.25, 0.3) is 5.91 Å². The van der Waals surface area contributed by atoms with E-state index in [9.17, 15) is 4.79 Å². The first-order chi connectivity index (χ1) is 9.74. The van der Waals surface area contributed by atoms with Gasteiger partial charge in [-0.1, -0.05) is 12.1 Å². The highest BCUT2D eigenvalue weighted by Gasteiger charge is 2.23. The van der Waals surface area contributed by atoms with Crippen molar-refractivity contribution in [1.29, 1.82) is 0 Å². The van der Waals surface area contributed by atoms with Crippen molar-refractivity contribution in [3.63, 3.8) is 0 Å². The van der Waals surface area contributed by atoms with E-state index in [-0.39, 0.29) is 12.5 Å². The van der Waals surface area contributed by atoms with Gasteiger partial charge in [-0.25, -0.2) is 0 Å². The topological polar surface area (TPSA) is 52.6 Å². The number of likely N-dealkylation sites (tertiary alicyclic amines) is 1. The zero-order chi connectivity index (χ0) is 14.4. The number of nitrogens with one attached hydrogen (secondary N) is 1. The predicted octanol–water partition coefficient (Wildman–Crippen LogP) is 1.78. The van der Waals surface area contributed by atoms with Crippen LogP contribution in [0.3, 0.4) is 0 Å². The number of aliphatic hydroxyl groups excluding tert-OH is 1. The highest BCUT2D eigenvalue weighted by atomic mass is 16.2. The Morgan fingerprint density at radius 1 is 1.50 bits per heavy atom. The Morgan fingerprint density at radius 3 is 3.10 bits per heavy atom. The molecule has 1 aliphatic heterocycles. The fourth-order valence-electron chi connectivity index (χ4n) is 2.95. The Bertz CT molecular complexity index is 448. The maximum atomic E-state index is 11.7. The molecule has 1 amide bonds. The molecule has 4 nitrogen and oxygen atoms in total. The maximum Gasteiger partial charge on any atom is 0.251 e. The SMILES string of the molecule is CNC(=O)c1cccc(CN2CCCC2CCCO)c1. The average molecular weight is 276 g/mol. The molecule has 1 aliphatic rings. The van der Waals surface area contributed by atoms with Crippen LogP contribution < -0.4 is 5.32 Å². The highest BCUT2D eigenvalue weighted by molar-refractivity contribution is 5.94. The van der Waals surface area contributed by atoms with E-state index in [0.29, 0.717) is 6.04 Å². The number of benzene rings is 1. The summed E-state index contributed by atoms with van der Waals surface area (Å²) in [5, 5.41) is 11.6. The molecule has 0 radical (unpaired) electrons. The second-order valence-corrected chi connectivity index (χ2v) is 5.41. The quantitative estimate of drug-likeness (QED) is 0.833. The van der Waals surface area contributed by atoms with Crippen LogP contribution in [0.15, 0.2) is 24.3 Å². The summed E-state index contributed by atoms with van der Waals surface area (Å²) in [5.41, 5.74) is 1.90. The number of amides is 1. The summed E-state index contributed by atoms with van der Waals surface area (Å²) in [6, 6.07) is 8.41. The van der Waals surface area contributed by atoms with Gasteiger partial charge in [0.05, 0.1) is 0 Å². The van der Waals surface area contributed by atoms with Crippen molar-refractivity contribution < 1.29 is 9.90 Å². The largest absolute Gasteiger partial charge is 0.396 e. The monoisotopic (exact) mass is 276 g/mol. The zero-order valence-electron chi connectivity index (χ0n) is 12.1. The van der Waals surface area contributed by atoms with Gasteiger partial charge in [0.2, 0.25) is 0 Å². The molecule has 4 heteroatoms. The molecule has 1 heterocycles. The van der Waals surface area contributed by atoms with Gasteiger partial charge in [-0.05, 0) is 49.9 Å². The van der Waals surface area contributed by atoms with E-state index in [2.05, 4.69) is 16.3 Å². The molecule has 1 aromatic carbocycles. The Balaban J connectivity index is 2.00.